The molecule has 0 aliphatic carbocycles. The number of benzene rings is 6. The van der Waals surface area contributed by atoms with Crippen LogP contribution in [0.15, 0.2) is 133 Å². The van der Waals surface area contributed by atoms with E-state index in [0.29, 0.717) is 11.1 Å². The summed E-state index contributed by atoms with van der Waals surface area (Å²) in [6.07, 6.45) is 0. The van der Waals surface area contributed by atoms with Crippen LogP contribution >= 0.6 is 11.3 Å². The molecule has 0 spiro atoms. The van der Waals surface area contributed by atoms with Gasteiger partial charge in [-0.3, -0.25) is 0 Å². The standard InChI is InChI=1S/C38H22N2S/c39-23-25-5-9-27(10-6-25)29-13-17-31(18-14-29)33-21-22-36-38(34-3-1-2-4-35(34)41-36)37(33)32-19-15-30(16-20-32)28-11-7-26(24-40)8-12-28/h1-22H. The molecule has 1 heterocycles. The van der Waals surface area contributed by atoms with Crippen molar-refractivity contribution in [3.05, 3.63) is 145 Å². The van der Waals surface area contributed by atoms with Crippen molar-refractivity contribution < 1.29 is 0 Å². The lowest BCUT2D eigenvalue weighted by Gasteiger charge is -2.14. The van der Waals surface area contributed by atoms with E-state index in [2.05, 4.69) is 97.1 Å². The molecule has 0 fully saturated rings. The molecule has 0 aliphatic rings. The maximum atomic E-state index is 9.16. The molecule has 1 aromatic heterocycles. The van der Waals surface area contributed by atoms with Crippen molar-refractivity contribution in [3.8, 4) is 56.6 Å². The predicted octanol–water partition coefficient (Wildman–Crippen LogP) is 10.5. The number of nitrogens with zero attached hydrogens (tertiary/aromatic N) is 2. The zero-order chi connectivity index (χ0) is 27.8. The molecule has 0 saturated carbocycles. The maximum absolute atomic E-state index is 9.16. The van der Waals surface area contributed by atoms with E-state index in [9.17, 15) is 0 Å². The van der Waals surface area contributed by atoms with Gasteiger partial charge in [0.2, 0.25) is 0 Å². The van der Waals surface area contributed by atoms with E-state index < -0.39 is 0 Å². The lowest BCUT2D eigenvalue weighted by molar-refractivity contribution is 1.48. The summed E-state index contributed by atoms with van der Waals surface area (Å²) >= 11 is 1.83. The van der Waals surface area contributed by atoms with Crippen LogP contribution in [0.5, 0.6) is 0 Å². The van der Waals surface area contributed by atoms with Crippen molar-refractivity contribution in [1.82, 2.24) is 0 Å². The van der Waals surface area contributed by atoms with Gasteiger partial charge in [0.05, 0.1) is 23.3 Å². The molecule has 7 aromatic rings. The molecule has 7 rings (SSSR count). The largest absolute Gasteiger partial charge is 0.192 e. The maximum Gasteiger partial charge on any atom is 0.0991 e. The van der Waals surface area contributed by atoms with Crippen molar-refractivity contribution in [2.75, 3.05) is 0 Å². The van der Waals surface area contributed by atoms with Gasteiger partial charge in [-0.25, -0.2) is 0 Å². The fraction of sp³-hybridized carbons (Fsp3) is 0. The number of fused-ring (bicyclic) bond motifs is 3. The molecule has 0 atom stereocenters. The Morgan fingerprint density at radius 3 is 1.41 bits per heavy atom. The zero-order valence-electron chi connectivity index (χ0n) is 22.0. The second-order valence-electron chi connectivity index (χ2n) is 9.99. The summed E-state index contributed by atoms with van der Waals surface area (Å²) in [6, 6.07) is 50.4. The zero-order valence-corrected chi connectivity index (χ0v) is 22.8. The molecule has 190 valence electrons. The van der Waals surface area contributed by atoms with Gasteiger partial charge in [0.1, 0.15) is 0 Å². The van der Waals surface area contributed by atoms with Gasteiger partial charge in [-0.15, -0.1) is 11.3 Å². The fourth-order valence-corrected chi connectivity index (χ4v) is 6.62. The summed E-state index contributed by atoms with van der Waals surface area (Å²) < 4.78 is 2.56. The first-order valence-electron chi connectivity index (χ1n) is 13.4. The highest BCUT2D eigenvalue weighted by Gasteiger charge is 2.17. The van der Waals surface area contributed by atoms with Crippen LogP contribution in [0.1, 0.15) is 11.1 Å². The first kappa shape index (κ1) is 24.6. The Bertz CT molecular complexity index is 2120. The third-order valence-electron chi connectivity index (χ3n) is 7.61. The summed E-state index contributed by atoms with van der Waals surface area (Å²) in [4.78, 5) is 0. The predicted molar refractivity (Wildman–Crippen MR) is 171 cm³/mol. The molecule has 6 aromatic carbocycles. The van der Waals surface area contributed by atoms with Crippen molar-refractivity contribution >= 4 is 31.5 Å². The Kier molecular flexibility index (Phi) is 6.14. The lowest BCUT2D eigenvalue weighted by Crippen LogP contribution is -1.88. The van der Waals surface area contributed by atoms with E-state index in [-0.39, 0.29) is 0 Å². The van der Waals surface area contributed by atoms with Crippen molar-refractivity contribution in [2.45, 2.75) is 0 Å². The van der Waals surface area contributed by atoms with Crippen molar-refractivity contribution in [1.29, 1.82) is 10.5 Å². The van der Waals surface area contributed by atoms with Gasteiger partial charge in [0.25, 0.3) is 0 Å². The summed E-state index contributed by atoms with van der Waals surface area (Å²) in [7, 11) is 0. The van der Waals surface area contributed by atoms with Crippen LogP contribution in [0, 0.1) is 22.7 Å². The molecular weight excluding hydrogens is 516 g/mol. The topological polar surface area (TPSA) is 47.6 Å². The molecule has 41 heavy (non-hydrogen) atoms. The van der Waals surface area contributed by atoms with Gasteiger partial charge in [-0.2, -0.15) is 10.5 Å². The van der Waals surface area contributed by atoms with Crippen LogP contribution in [0.25, 0.3) is 64.7 Å². The summed E-state index contributed by atoms with van der Waals surface area (Å²) in [5.41, 5.74) is 10.5. The minimum absolute atomic E-state index is 0.663. The molecule has 0 amide bonds. The molecule has 0 aliphatic heterocycles. The van der Waals surface area contributed by atoms with Gasteiger partial charge >= 0.3 is 0 Å². The van der Waals surface area contributed by atoms with Crippen LogP contribution in [0.3, 0.4) is 0 Å². The first-order chi connectivity index (χ1) is 20.2. The molecule has 2 nitrogen and oxygen atoms in total. The number of nitriles is 2. The molecule has 0 unspecified atom stereocenters. The van der Waals surface area contributed by atoms with E-state index in [0.717, 1.165) is 27.8 Å². The van der Waals surface area contributed by atoms with E-state index in [1.54, 1.807) is 0 Å². The third kappa shape index (κ3) is 4.46. The van der Waals surface area contributed by atoms with Crippen LogP contribution in [0.2, 0.25) is 0 Å². The van der Waals surface area contributed by atoms with Gasteiger partial charge in [-0.05, 0) is 80.9 Å². The summed E-state index contributed by atoms with van der Waals surface area (Å²) in [5.74, 6) is 0. The van der Waals surface area contributed by atoms with Crippen molar-refractivity contribution in [3.63, 3.8) is 0 Å². The number of rotatable bonds is 4. The van der Waals surface area contributed by atoms with Crippen LogP contribution in [0.4, 0.5) is 0 Å². The van der Waals surface area contributed by atoms with E-state index >= 15 is 0 Å². The third-order valence-corrected chi connectivity index (χ3v) is 8.74. The SMILES string of the molecule is N#Cc1ccc(-c2ccc(-c3ccc4sc5ccccc5c4c3-c3ccc(-c4ccc(C#N)cc4)cc3)cc2)cc1. The molecule has 0 bridgehead atoms. The Morgan fingerprint density at radius 1 is 0.415 bits per heavy atom. The molecule has 0 N–H and O–H groups in total. The van der Waals surface area contributed by atoms with E-state index in [1.807, 2.05) is 59.9 Å². The van der Waals surface area contributed by atoms with Crippen LogP contribution < -0.4 is 0 Å². The van der Waals surface area contributed by atoms with E-state index in [4.69, 9.17) is 10.5 Å². The highest BCUT2D eigenvalue weighted by molar-refractivity contribution is 7.26. The highest BCUT2D eigenvalue weighted by atomic mass is 32.1. The minimum atomic E-state index is 0.663. The van der Waals surface area contributed by atoms with Gasteiger partial charge in [-0.1, -0.05) is 97.1 Å². The second-order valence-corrected chi connectivity index (χ2v) is 11.1. The average Bonchev–Trinajstić information content (AvgIpc) is 3.43. The first-order valence-corrected chi connectivity index (χ1v) is 14.2. The number of hydrogen-bond donors (Lipinski definition) is 0. The smallest absolute Gasteiger partial charge is 0.0991 e. The highest BCUT2D eigenvalue weighted by Crippen LogP contribution is 2.45. The number of hydrogen-bond acceptors (Lipinski definition) is 3. The minimum Gasteiger partial charge on any atom is -0.192 e. The normalized spacial score (nSPS) is 10.9. The van der Waals surface area contributed by atoms with Crippen LogP contribution in [-0.4, -0.2) is 0 Å². The average molecular weight is 539 g/mol. The van der Waals surface area contributed by atoms with Crippen molar-refractivity contribution in [2.24, 2.45) is 0 Å². The van der Waals surface area contributed by atoms with Gasteiger partial charge in [0, 0.05) is 20.2 Å². The Hall–Kier alpha value is -5.48. The Morgan fingerprint density at radius 2 is 0.878 bits per heavy atom. The Labute approximate surface area is 242 Å². The number of thiophene rings is 1. The Balaban J connectivity index is 1.37. The van der Waals surface area contributed by atoms with E-state index in [1.165, 1.54) is 36.9 Å². The molecule has 0 saturated heterocycles. The summed E-state index contributed by atoms with van der Waals surface area (Å²) in [5, 5.41) is 20.9. The monoisotopic (exact) mass is 538 g/mol. The molecular formula is C38H22N2S. The second kappa shape index (κ2) is 10.2. The molecule has 3 heteroatoms. The quantitative estimate of drug-likeness (QED) is 0.224. The van der Waals surface area contributed by atoms with Gasteiger partial charge < -0.3 is 0 Å². The van der Waals surface area contributed by atoms with Crippen LogP contribution in [-0.2, 0) is 0 Å². The lowest BCUT2D eigenvalue weighted by atomic mass is 9.89. The van der Waals surface area contributed by atoms with Gasteiger partial charge in [0.15, 0.2) is 0 Å². The summed E-state index contributed by atoms with van der Waals surface area (Å²) in [6.45, 7) is 0. The fourth-order valence-electron chi connectivity index (χ4n) is 5.50. The molecule has 0 radical (unpaired) electrons.